The lowest BCUT2D eigenvalue weighted by atomic mass is 10.0. The maximum Gasteiger partial charge on any atom is 0.271 e. The number of sulfonamides is 1. The van der Waals surface area contributed by atoms with E-state index in [0.717, 1.165) is 30.6 Å². The molecule has 1 amide bonds. The molecule has 0 saturated carbocycles. The van der Waals surface area contributed by atoms with Crippen molar-refractivity contribution in [1.29, 1.82) is 0 Å². The zero-order chi connectivity index (χ0) is 18.0. The van der Waals surface area contributed by atoms with E-state index in [1.54, 1.807) is 4.31 Å². The number of aromatic nitrogens is 2. The molecule has 0 aromatic carbocycles. The zero-order valence-corrected chi connectivity index (χ0v) is 15.4. The predicted molar refractivity (Wildman–Crippen MR) is 96.1 cm³/mol. The molecule has 0 spiro atoms. The number of fused-ring (bicyclic) bond motifs is 1. The van der Waals surface area contributed by atoms with E-state index in [-0.39, 0.29) is 11.9 Å². The number of nitrogens with zero attached hydrogens (tertiary/aromatic N) is 3. The van der Waals surface area contributed by atoms with Gasteiger partial charge >= 0.3 is 0 Å². The number of pyridine rings is 1. The summed E-state index contributed by atoms with van der Waals surface area (Å²) in [6.45, 7) is 2.87. The number of carbonyl (C=O) groups excluding carboxylic acids is 1. The molecule has 0 radical (unpaired) electrons. The lowest BCUT2D eigenvalue weighted by Gasteiger charge is -2.33. The Balaban J connectivity index is 1.63. The minimum absolute atomic E-state index is 0.0359. The van der Waals surface area contributed by atoms with Crippen LogP contribution in [0.5, 0.6) is 0 Å². The maximum absolute atomic E-state index is 12.4. The van der Waals surface area contributed by atoms with E-state index in [4.69, 9.17) is 0 Å². The summed E-state index contributed by atoms with van der Waals surface area (Å²) in [5, 5.41) is 2.88. The van der Waals surface area contributed by atoms with Gasteiger partial charge in [-0.05, 0) is 38.3 Å². The third-order valence-corrected chi connectivity index (χ3v) is 6.08. The molecule has 136 valence electrons. The van der Waals surface area contributed by atoms with Gasteiger partial charge in [0.25, 0.3) is 5.91 Å². The first-order chi connectivity index (χ1) is 11.9. The van der Waals surface area contributed by atoms with Crippen molar-refractivity contribution in [2.75, 3.05) is 19.3 Å². The van der Waals surface area contributed by atoms with Crippen LogP contribution in [0.4, 0.5) is 0 Å². The Morgan fingerprint density at radius 2 is 2.16 bits per heavy atom. The second-order valence-corrected chi connectivity index (χ2v) is 8.48. The van der Waals surface area contributed by atoms with Crippen LogP contribution in [0.25, 0.3) is 5.65 Å². The topological polar surface area (TPSA) is 83.8 Å². The molecule has 0 bridgehead atoms. The third-order valence-electron chi connectivity index (χ3n) is 4.75. The molecule has 0 aliphatic carbocycles. The van der Waals surface area contributed by atoms with Crippen molar-refractivity contribution in [2.45, 2.75) is 38.6 Å². The molecule has 3 rings (SSSR count). The molecule has 1 aliphatic rings. The van der Waals surface area contributed by atoms with Gasteiger partial charge in [0.2, 0.25) is 10.0 Å². The van der Waals surface area contributed by atoms with Crippen LogP contribution in [-0.2, 0) is 10.0 Å². The summed E-state index contributed by atoms with van der Waals surface area (Å²) < 4.78 is 27.2. The van der Waals surface area contributed by atoms with E-state index in [1.807, 2.05) is 35.7 Å². The van der Waals surface area contributed by atoms with Gasteiger partial charge in [-0.25, -0.2) is 13.4 Å². The molecule has 1 fully saturated rings. The van der Waals surface area contributed by atoms with Crippen LogP contribution in [0.3, 0.4) is 0 Å². The van der Waals surface area contributed by atoms with Crippen LogP contribution in [0, 0.1) is 6.92 Å². The summed E-state index contributed by atoms with van der Waals surface area (Å²) in [5.41, 5.74) is 1.94. The number of imidazole rings is 1. The van der Waals surface area contributed by atoms with E-state index in [2.05, 4.69) is 10.3 Å². The molecule has 1 unspecified atom stereocenters. The largest absolute Gasteiger partial charge is 0.351 e. The Bertz CT molecular complexity index is 875. The molecule has 2 aromatic heterocycles. The molecule has 8 heteroatoms. The first kappa shape index (κ1) is 17.9. The van der Waals surface area contributed by atoms with E-state index in [1.165, 1.54) is 6.26 Å². The molecule has 1 aliphatic heterocycles. The highest BCUT2D eigenvalue weighted by Gasteiger charge is 2.29. The van der Waals surface area contributed by atoms with Gasteiger partial charge in [0.05, 0.1) is 11.9 Å². The standard InChI is InChI=1S/C17H24N4O3S/c1-13-16(19-15-8-4-5-11-20(13)15)17(22)18-10-9-14-7-3-6-12-21(14)25(2,23)24/h4-5,8,11,14H,3,6-7,9-10,12H2,1-2H3,(H,18,22). The number of nitrogens with one attached hydrogen (secondary N) is 1. The molecular weight excluding hydrogens is 340 g/mol. The van der Waals surface area contributed by atoms with Crippen molar-refractivity contribution in [3.05, 3.63) is 35.8 Å². The third kappa shape index (κ3) is 3.85. The fraction of sp³-hybridized carbons (Fsp3) is 0.529. The number of rotatable bonds is 5. The molecule has 1 N–H and O–H groups in total. The maximum atomic E-state index is 12.4. The van der Waals surface area contributed by atoms with Gasteiger partial charge in [0.1, 0.15) is 11.3 Å². The number of piperidine rings is 1. The molecule has 2 aromatic rings. The first-order valence-corrected chi connectivity index (χ1v) is 10.4. The van der Waals surface area contributed by atoms with Gasteiger partial charge in [-0.3, -0.25) is 4.79 Å². The minimum atomic E-state index is -3.20. The van der Waals surface area contributed by atoms with Crippen molar-refractivity contribution >= 4 is 21.6 Å². The van der Waals surface area contributed by atoms with E-state index < -0.39 is 10.0 Å². The van der Waals surface area contributed by atoms with Gasteiger partial charge in [0.15, 0.2) is 0 Å². The fourth-order valence-electron chi connectivity index (χ4n) is 3.47. The first-order valence-electron chi connectivity index (χ1n) is 8.56. The quantitative estimate of drug-likeness (QED) is 0.873. The highest BCUT2D eigenvalue weighted by molar-refractivity contribution is 7.88. The summed E-state index contributed by atoms with van der Waals surface area (Å²) in [6.07, 6.45) is 6.51. The van der Waals surface area contributed by atoms with Crippen molar-refractivity contribution < 1.29 is 13.2 Å². The predicted octanol–water partition coefficient (Wildman–Crippen LogP) is 1.58. The number of carbonyl (C=O) groups is 1. The Kier molecular flexibility index (Phi) is 5.10. The molecule has 25 heavy (non-hydrogen) atoms. The van der Waals surface area contributed by atoms with Crippen molar-refractivity contribution in [3.63, 3.8) is 0 Å². The van der Waals surface area contributed by atoms with Crippen molar-refractivity contribution in [3.8, 4) is 0 Å². The SMILES string of the molecule is Cc1c(C(=O)NCCC2CCCCN2S(C)(=O)=O)nc2ccccn12. The van der Waals surface area contributed by atoms with Crippen LogP contribution < -0.4 is 5.32 Å². The van der Waals surface area contributed by atoms with Gasteiger partial charge in [-0.1, -0.05) is 12.5 Å². The van der Waals surface area contributed by atoms with Crippen LogP contribution in [0.1, 0.15) is 41.9 Å². The highest BCUT2D eigenvalue weighted by atomic mass is 32.2. The molecule has 7 nitrogen and oxygen atoms in total. The van der Waals surface area contributed by atoms with Crippen LogP contribution in [0.2, 0.25) is 0 Å². The summed E-state index contributed by atoms with van der Waals surface area (Å²) in [6, 6.07) is 5.60. The smallest absolute Gasteiger partial charge is 0.271 e. The van der Waals surface area contributed by atoms with E-state index in [0.29, 0.717) is 25.2 Å². The molecular formula is C17H24N4O3S. The molecule has 1 saturated heterocycles. The Hall–Kier alpha value is -1.93. The summed E-state index contributed by atoms with van der Waals surface area (Å²) >= 11 is 0. The van der Waals surface area contributed by atoms with Gasteiger partial charge in [-0.15, -0.1) is 0 Å². The molecule has 3 heterocycles. The Morgan fingerprint density at radius 3 is 2.88 bits per heavy atom. The Morgan fingerprint density at radius 1 is 1.36 bits per heavy atom. The molecule has 1 atom stereocenters. The van der Waals surface area contributed by atoms with Crippen molar-refractivity contribution in [1.82, 2.24) is 19.0 Å². The van der Waals surface area contributed by atoms with E-state index >= 15 is 0 Å². The summed E-state index contributed by atoms with van der Waals surface area (Å²) in [4.78, 5) is 16.8. The minimum Gasteiger partial charge on any atom is -0.351 e. The number of hydrogen-bond acceptors (Lipinski definition) is 4. The monoisotopic (exact) mass is 364 g/mol. The second-order valence-electron chi connectivity index (χ2n) is 6.54. The van der Waals surface area contributed by atoms with E-state index in [9.17, 15) is 13.2 Å². The average molecular weight is 364 g/mol. The lowest BCUT2D eigenvalue weighted by molar-refractivity contribution is 0.0944. The number of aryl methyl sites for hydroxylation is 1. The number of amides is 1. The summed E-state index contributed by atoms with van der Waals surface area (Å²) in [7, 11) is -3.20. The fourth-order valence-corrected chi connectivity index (χ4v) is 4.68. The van der Waals surface area contributed by atoms with Crippen LogP contribution >= 0.6 is 0 Å². The average Bonchev–Trinajstić information content (AvgIpc) is 2.92. The normalized spacial score (nSPS) is 19.2. The summed E-state index contributed by atoms with van der Waals surface area (Å²) in [5.74, 6) is -0.220. The van der Waals surface area contributed by atoms with Crippen molar-refractivity contribution in [2.24, 2.45) is 0 Å². The lowest BCUT2D eigenvalue weighted by Crippen LogP contribution is -2.44. The van der Waals surface area contributed by atoms with Gasteiger partial charge < -0.3 is 9.72 Å². The number of hydrogen-bond donors (Lipinski definition) is 1. The van der Waals surface area contributed by atoms with Crippen LogP contribution in [-0.4, -0.2) is 53.4 Å². The second kappa shape index (κ2) is 7.13. The Labute approximate surface area is 148 Å². The van der Waals surface area contributed by atoms with Crippen LogP contribution in [0.15, 0.2) is 24.4 Å². The van der Waals surface area contributed by atoms with Gasteiger partial charge in [-0.2, -0.15) is 4.31 Å². The van der Waals surface area contributed by atoms with Gasteiger partial charge in [0, 0.05) is 25.3 Å². The highest BCUT2D eigenvalue weighted by Crippen LogP contribution is 2.22. The zero-order valence-electron chi connectivity index (χ0n) is 14.6.